The second kappa shape index (κ2) is 17.9. The fourth-order valence-electron chi connectivity index (χ4n) is 8.78. The summed E-state index contributed by atoms with van der Waals surface area (Å²) in [7, 11) is 0. The van der Waals surface area contributed by atoms with Crippen LogP contribution < -0.4 is 0 Å². The molecule has 0 aliphatic carbocycles. The molecule has 0 atom stereocenters. The Bertz CT molecular complexity index is 2380. The van der Waals surface area contributed by atoms with E-state index in [0.29, 0.717) is 0 Å². The van der Waals surface area contributed by atoms with Crippen molar-refractivity contribution in [2.45, 2.75) is 58.0 Å². The average Bonchev–Trinajstić information content (AvgIpc) is 4.19. The fourth-order valence-corrected chi connectivity index (χ4v) is 8.78. The maximum absolute atomic E-state index is 6.85. The van der Waals surface area contributed by atoms with Gasteiger partial charge in [-0.25, -0.2) is 42.1 Å². The molecule has 10 rings (SSSR count). The summed E-state index contributed by atoms with van der Waals surface area (Å²) in [6.07, 6.45) is 32.5. The molecule has 0 bridgehead atoms. The van der Waals surface area contributed by atoms with Crippen LogP contribution >= 0.6 is 0 Å². The second-order valence-electron chi connectivity index (χ2n) is 15.7. The summed E-state index contributed by atoms with van der Waals surface area (Å²) in [5, 5.41) is 42.0. The molecule has 0 fully saturated rings. The molecule has 9 heterocycles. The number of ether oxygens (including phenoxy) is 3. The summed E-state index contributed by atoms with van der Waals surface area (Å²) >= 11 is 0. The van der Waals surface area contributed by atoms with Gasteiger partial charge in [0, 0.05) is 112 Å². The number of nitrogens with zero attached hydrogens (tertiary/aromatic N) is 18. The molecule has 0 saturated carbocycles. The standard InChI is InChI=1S/C45H48N18O3/c1-37-40(31-64-34-43(55-22-4-13-46-55,56-23-5-14-47-56)57-24-6-15-48-57)38(2)42(33-66-36-45(61-28-10-19-52-61,62-29-11-20-53-62)63-30-12-21-54-63)39(3)41(37)32-65-35-44(58-25-7-16-49-58,59-26-8-17-50-59)60-27-9-18-51-60/h4-30H,31-36H2,1-3H3. The zero-order valence-corrected chi connectivity index (χ0v) is 36.6. The zero-order chi connectivity index (χ0) is 45.0. The average molecular weight is 889 g/mol. The van der Waals surface area contributed by atoms with Crippen molar-refractivity contribution in [1.29, 1.82) is 0 Å². The lowest BCUT2D eigenvalue weighted by Crippen LogP contribution is -2.52. The van der Waals surface area contributed by atoms with Gasteiger partial charge in [0.25, 0.3) is 17.4 Å². The van der Waals surface area contributed by atoms with Crippen LogP contribution in [0, 0.1) is 20.8 Å². The smallest absolute Gasteiger partial charge is 0.273 e. The van der Waals surface area contributed by atoms with Gasteiger partial charge in [0.2, 0.25) is 0 Å². The molecule has 336 valence electrons. The summed E-state index contributed by atoms with van der Waals surface area (Å²) in [6, 6.07) is 16.8. The normalized spacial score (nSPS) is 12.4. The minimum atomic E-state index is -1.09. The topological polar surface area (TPSA) is 188 Å². The van der Waals surface area contributed by atoms with Gasteiger partial charge in [-0.15, -0.1) is 0 Å². The summed E-state index contributed by atoms with van der Waals surface area (Å²) in [5.74, 6) is -3.28. The van der Waals surface area contributed by atoms with Gasteiger partial charge in [0.1, 0.15) is 19.8 Å². The highest BCUT2D eigenvalue weighted by Gasteiger charge is 2.42. The monoisotopic (exact) mass is 888 g/mol. The minimum absolute atomic E-state index is 0.128. The van der Waals surface area contributed by atoms with E-state index in [1.807, 2.05) is 110 Å². The number of hydrogen-bond donors (Lipinski definition) is 0. The maximum atomic E-state index is 6.85. The summed E-state index contributed by atoms with van der Waals surface area (Å²) in [4.78, 5) is 0. The Morgan fingerprint density at radius 3 is 0.606 bits per heavy atom. The first-order valence-corrected chi connectivity index (χ1v) is 21.3. The summed E-state index contributed by atoms with van der Waals surface area (Å²) < 4.78 is 36.8. The number of aromatic nitrogens is 18. The van der Waals surface area contributed by atoms with E-state index in [9.17, 15) is 0 Å². The van der Waals surface area contributed by atoms with Crippen molar-refractivity contribution >= 4 is 0 Å². The van der Waals surface area contributed by atoms with Crippen LogP contribution in [0.2, 0.25) is 0 Å². The van der Waals surface area contributed by atoms with E-state index in [0.717, 1.165) is 33.4 Å². The first-order chi connectivity index (χ1) is 32.5. The van der Waals surface area contributed by atoms with E-state index < -0.39 is 17.4 Å². The molecule has 21 heteroatoms. The van der Waals surface area contributed by atoms with E-state index in [4.69, 9.17) is 14.2 Å². The van der Waals surface area contributed by atoms with Crippen LogP contribution in [0.15, 0.2) is 166 Å². The highest BCUT2D eigenvalue weighted by molar-refractivity contribution is 5.50. The highest BCUT2D eigenvalue weighted by Crippen LogP contribution is 2.32. The quantitative estimate of drug-likeness (QED) is 0.100. The summed E-state index contributed by atoms with van der Waals surface area (Å²) in [5.41, 5.74) is 6.05. The number of hydrogen-bond acceptors (Lipinski definition) is 12. The Morgan fingerprint density at radius 1 is 0.303 bits per heavy atom. The van der Waals surface area contributed by atoms with Gasteiger partial charge in [0.15, 0.2) is 0 Å². The summed E-state index contributed by atoms with van der Waals surface area (Å²) in [6.45, 7) is 7.43. The van der Waals surface area contributed by atoms with Crippen LogP contribution in [-0.2, 0) is 51.4 Å². The third kappa shape index (κ3) is 7.14. The zero-order valence-electron chi connectivity index (χ0n) is 36.6. The lowest BCUT2D eigenvalue weighted by Gasteiger charge is -2.35. The fraction of sp³-hybridized carbons (Fsp3) is 0.267. The predicted molar refractivity (Wildman–Crippen MR) is 236 cm³/mol. The van der Waals surface area contributed by atoms with Crippen molar-refractivity contribution < 1.29 is 14.2 Å². The van der Waals surface area contributed by atoms with Gasteiger partial charge < -0.3 is 14.2 Å². The molecule has 0 radical (unpaired) electrons. The van der Waals surface area contributed by atoms with E-state index in [2.05, 4.69) is 66.7 Å². The molecule has 0 aliphatic heterocycles. The largest absolute Gasteiger partial charge is 0.370 e. The molecule has 1 aromatic carbocycles. The Kier molecular flexibility index (Phi) is 11.4. The van der Waals surface area contributed by atoms with Crippen LogP contribution in [0.4, 0.5) is 0 Å². The van der Waals surface area contributed by atoms with Gasteiger partial charge in [-0.2, -0.15) is 45.9 Å². The second-order valence-corrected chi connectivity index (χ2v) is 15.7. The van der Waals surface area contributed by atoms with E-state index in [-0.39, 0.29) is 39.6 Å². The van der Waals surface area contributed by atoms with Crippen molar-refractivity contribution in [1.82, 2.24) is 88.0 Å². The molecule has 10 aromatic rings. The van der Waals surface area contributed by atoms with Crippen molar-refractivity contribution in [3.8, 4) is 0 Å². The van der Waals surface area contributed by atoms with Crippen LogP contribution in [0.3, 0.4) is 0 Å². The minimum Gasteiger partial charge on any atom is -0.370 e. The molecule has 21 nitrogen and oxygen atoms in total. The van der Waals surface area contributed by atoms with Crippen LogP contribution in [-0.4, -0.2) is 108 Å². The third-order valence-electron chi connectivity index (χ3n) is 12.2. The van der Waals surface area contributed by atoms with E-state index in [1.54, 1.807) is 97.9 Å². The van der Waals surface area contributed by atoms with Crippen molar-refractivity contribution in [3.63, 3.8) is 0 Å². The van der Waals surface area contributed by atoms with Gasteiger partial charge in [-0.05, 0) is 109 Å². The highest BCUT2D eigenvalue weighted by atomic mass is 16.5. The SMILES string of the molecule is Cc1c(COCC(n2cccn2)(n2cccn2)n2cccn2)c(C)c(COCC(n2cccn2)(n2cccn2)n2cccn2)c(C)c1COCC(n1cccn1)(n1cccn1)n1cccn1. The molecule has 0 amide bonds. The van der Waals surface area contributed by atoms with Gasteiger partial charge in [0.05, 0.1) is 19.8 Å². The molecular weight excluding hydrogens is 841 g/mol. The van der Waals surface area contributed by atoms with Crippen LogP contribution in [0.5, 0.6) is 0 Å². The third-order valence-corrected chi connectivity index (χ3v) is 12.2. The Labute approximate surface area is 378 Å². The van der Waals surface area contributed by atoms with Crippen molar-refractivity contribution in [3.05, 3.63) is 200 Å². The molecule has 0 saturated heterocycles. The van der Waals surface area contributed by atoms with Crippen LogP contribution in [0.1, 0.15) is 33.4 Å². The van der Waals surface area contributed by atoms with Gasteiger partial charge in [-0.1, -0.05) is 0 Å². The predicted octanol–water partition coefficient (Wildman–Crippen LogP) is 4.15. The molecule has 9 aromatic heterocycles. The first-order valence-electron chi connectivity index (χ1n) is 21.3. The van der Waals surface area contributed by atoms with Crippen molar-refractivity contribution in [2.24, 2.45) is 0 Å². The lowest BCUT2D eigenvalue weighted by atomic mass is 9.89. The van der Waals surface area contributed by atoms with Crippen molar-refractivity contribution in [2.75, 3.05) is 19.8 Å². The lowest BCUT2D eigenvalue weighted by molar-refractivity contribution is -0.0210. The maximum Gasteiger partial charge on any atom is 0.273 e. The Hall–Kier alpha value is -8.01. The number of rotatable bonds is 21. The van der Waals surface area contributed by atoms with E-state index >= 15 is 0 Å². The van der Waals surface area contributed by atoms with Gasteiger partial charge >= 0.3 is 0 Å². The van der Waals surface area contributed by atoms with Crippen LogP contribution in [0.25, 0.3) is 0 Å². The molecule has 0 spiro atoms. The molecule has 0 N–H and O–H groups in total. The Balaban J connectivity index is 1.01. The van der Waals surface area contributed by atoms with Gasteiger partial charge in [-0.3, -0.25) is 0 Å². The number of benzene rings is 1. The molecule has 66 heavy (non-hydrogen) atoms. The Morgan fingerprint density at radius 2 is 0.470 bits per heavy atom. The van der Waals surface area contributed by atoms with E-state index in [1.165, 1.54) is 0 Å². The molecular formula is C45H48N18O3. The molecule has 0 aliphatic rings. The molecule has 0 unspecified atom stereocenters. The first kappa shape index (κ1) is 42.0.